The van der Waals surface area contributed by atoms with Crippen LogP contribution in [0, 0.1) is 0 Å². The largest absolute Gasteiger partial charge is 0.396 e. The van der Waals surface area contributed by atoms with Crippen LogP contribution in [-0.4, -0.2) is 31.6 Å². The van der Waals surface area contributed by atoms with E-state index in [0.29, 0.717) is 18.1 Å². The molecule has 0 fully saturated rings. The fraction of sp³-hybridized carbons (Fsp3) is 0.375. The maximum Gasteiger partial charge on any atom is 0.276 e. The van der Waals surface area contributed by atoms with E-state index in [4.69, 9.17) is 9.63 Å². The molecule has 2 aromatic heterocycles. The van der Waals surface area contributed by atoms with E-state index in [0.717, 1.165) is 5.69 Å². The van der Waals surface area contributed by atoms with Gasteiger partial charge in [-0.15, -0.1) is 0 Å². The van der Waals surface area contributed by atoms with Crippen LogP contribution in [0.5, 0.6) is 0 Å². The van der Waals surface area contributed by atoms with Crippen LogP contribution in [0.3, 0.4) is 0 Å². The monoisotopic (exact) mass is 194 g/mol. The molecule has 74 valence electrons. The Hall–Kier alpha value is -1.69. The first-order valence-corrected chi connectivity index (χ1v) is 4.23. The summed E-state index contributed by atoms with van der Waals surface area (Å²) in [6, 6.07) is 1.79. The molecule has 0 aliphatic heterocycles. The third kappa shape index (κ3) is 1.51. The van der Waals surface area contributed by atoms with Crippen molar-refractivity contribution in [1.29, 1.82) is 0 Å². The quantitative estimate of drug-likeness (QED) is 0.744. The lowest BCUT2D eigenvalue weighted by molar-refractivity contribution is 0.293. The summed E-state index contributed by atoms with van der Waals surface area (Å²) in [4.78, 5) is 4.10. The molecule has 0 saturated carbocycles. The Kier molecular flexibility index (Phi) is 2.28. The first-order chi connectivity index (χ1) is 6.81. The molecule has 0 aromatic carbocycles. The van der Waals surface area contributed by atoms with Gasteiger partial charge in [0.15, 0.2) is 5.82 Å². The molecule has 0 unspecified atom stereocenters. The van der Waals surface area contributed by atoms with Crippen molar-refractivity contribution in [3.63, 3.8) is 0 Å². The fourth-order valence-electron chi connectivity index (χ4n) is 1.14. The van der Waals surface area contributed by atoms with Crippen molar-refractivity contribution < 1.29 is 9.63 Å². The normalized spacial score (nSPS) is 10.7. The molecule has 0 aliphatic rings. The average Bonchev–Trinajstić information content (AvgIpc) is 2.74. The lowest BCUT2D eigenvalue weighted by atomic mass is 10.4. The van der Waals surface area contributed by atoms with E-state index >= 15 is 0 Å². The second-order valence-corrected chi connectivity index (χ2v) is 2.83. The molecule has 1 N–H and O–H groups in total. The zero-order valence-corrected chi connectivity index (χ0v) is 7.71. The smallest absolute Gasteiger partial charge is 0.276 e. The van der Waals surface area contributed by atoms with Crippen LogP contribution >= 0.6 is 0 Å². The Morgan fingerprint density at radius 2 is 2.43 bits per heavy atom. The highest BCUT2D eigenvalue weighted by atomic mass is 16.5. The molecule has 0 bridgehead atoms. The molecule has 0 amide bonds. The molecular formula is C8H10N4O2. The number of aryl methyl sites for hydroxylation is 1. The predicted octanol–water partition coefficient (Wildman–Crippen LogP) is 0.00490. The third-order valence-corrected chi connectivity index (χ3v) is 1.84. The summed E-state index contributed by atoms with van der Waals surface area (Å²) in [6.45, 7) is 0.0182. The Morgan fingerprint density at radius 3 is 3.07 bits per heavy atom. The average molecular weight is 194 g/mol. The Labute approximate surface area is 80.2 Å². The highest BCUT2D eigenvalue weighted by molar-refractivity contribution is 5.45. The highest BCUT2D eigenvalue weighted by Gasteiger charge is 2.10. The van der Waals surface area contributed by atoms with Crippen LogP contribution < -0.4 is 0 Å². The first-order valence-electron chi connectivity index (χ1n) is 4.23. The lowest BCUT2D eigenvalue weighted by Gasteiger charge is -1.92. The van der Waals surface area contributed by atoms with Crippen molar-refractivity contribution in [2.45, 2.75) is 6.42 Å². The number of nitrogens with zero attached hydrogens (tertiary/aromatic N) is 4. The lowest BCUT2D eigenvalue weighted by Crippen LogP contribution is -1.95. The molecule has 2 heterocycles. The fourth-order valence-corrected chi connectivity index (χ4v) is 1.14. The summed E-state index contributed by atoms with van der Waals surface area (Å²) in [5.41, 5.74) is 0.765. The zero-order valence-electron chi connectivity index (χ0n) is 7.71. The van der Waals surface area contributed by atoms with Crippen LogP contribution in [0.4, 0.5) is 0 Å². The number of aromatic nitrogens is 4. The number of aliphatic hydroxyl groups is 1. The second kappa shape index (κ2) is 3.59. The van der Waals surface area contributed by atoms with Gasteiger partial charge in [-0.1, -0.05) is 5.16 Å². The molecule has 0 saturated heterocycles. The molecule has 0 spiro atoms. The molecule has 2 aromatic rings. The van der Waals surface area contributed by atoms with Crippen LogP contribution in [-0.2, 0) is 13.5 Å². The minimum absolute atomic E-state index is 0.0182. The Bertz CT molecular complexity index is 420. The van der Waals surface area contributed by atoms with Crippen molar-refractivity contribution >= 4 is 0 Å². The van der Waals surface area contributed by atoms with Gasteiger partial charge in [-0.2, -0.15) is 10.1 Å². The van der Waals surface area contributed by atoms with Gasteiger partial charge < -0.3 is 9.63 Å². The summed E-state index contributed by atoms with van der Waals surface area (Å²) in [5.74, 6) is 0.928. The summed E-state index contributed by atoms with van der Waals surface area (Å²) in [7, 11) is 1.80. The van der Waals surface area contributed by atoms with Gasteiger partial charge in [-0.3, -0.25) is 4.68 Å². The van der Waals surface area contributed by atoms with Crippen LogP contribution in [0.2, 0.25) is 0 Å². The van der Waals surface area contributed by atoms with E-state index in [1.807, 2.05) is 0 Å². The maximum atomic E-state index is 8.67. The van der Waals surface area contributed by atoms with E-state index in [-0.39, 0.29) is 6.61 Å². The Balaban J connectivity index is 2.29. The summed E-state index contributed by atoms with van der Waals surface area (Å²) >= 11 is 0. The van der Waals surface area contributed by atoms with Crippen LogP contribution in [0.1, 0.15) is 5.82 Å². The van der Waals surface area contributed by atoms with Gasteiger partial charge in [0.05, 0.1) is 6.61 Å². The SMILES string of the molecule is Cn1nccc1-c1nc(CCO)no1. The highest BCUT2D eigenvalue weighted by Crippen LogP contribution is 2.15. The van der Waals surface area contributed by atoms with Crippen molar-refractivity contribution in [2.24, 2.45) is 7.05 Å². The molecule has 6 nitrogen and oxygen atoms in total. The van der Waals surface area contributed by atoms with Gasteiger partial charge in [-0.25, -0.2) is 0 Å². The molecule has 6 heteroatoms. The van der Waals surface area contributed by atoms with E-state index in [1.165, 1.54) is 0 Å². The standard InChI is InChI=1S/C8H10N4O2/c1-12-6(2-4-9-12)8-10-7(3-5-13)11-14-8/h2,4,13H,3,5H2,1H3. The topological polar surface area (TPSA) is 77.0 Å². The molecule has 2 rings (SSSR count). The maximum absolute atomic E-state index is 8.67. The van der Waals surface area contributed by atoms with Crippen LogP contribution in [0.25, 0.3) is 11.6 Å². The van der Waals surface area contributed by atoms with Gasteiger partial charge in [-0.05, 0) is 6.07 Å². The number of aliphatic hydroxyl groups excluding tert-OH is 1. The third-order valence-electron chi connectivity index (χ3n) is 1.84. The van der Waals surface area contributed by atoms with E-state index in [2.05, 4.69) is 15.2 Å². The zero-order chi connectivity index (χ0) is 9.97. The van der Waals surface area contributed by atoms with Crippen LogP contribution in [0.15, 0.2) is 16.8 Å². The van der Waals surface area contributed by atoms with Crippen molar-refractivity contribution in [3.05, 3.63) is 18.1 Å². The van der Waals surface area contributed by atoms with Crippen molar-refractivity contribution in [2.75, 3.05) is 6.61 Å². The van der Waals surface area contributed by atoms with E-state index in [9.17, 15) is 0 Å². The Morgan fingerprint density at radius 1 is 1.57 bits per heavy atom. The van der Waals surface area contributed by atoms with Crippen molar-refractivity contribution in [1.82, 2.24) is 19.9 Å². The van der Waals surface area contributed by atoms with Gasteiger partial charge in [0.2, 0.25) is 0 Å². The van der Waals surface area contributed by atoms with Gasteiger partial charge in [0, 0.05) is 19.7 Å². The van der Waals surface area contributed by atoms with Gasteiger partial charge >= 0.3 is 0 Å². The molecule has 0 aliphatic carbocycles. The summed E-state index contributed by atoms with van der Waals surface area (Å²) in [5, 5.41) is 16.4. The number of rotatable bonds is 3. The minimum atomic E-state index is 0.0182. The molecule has 0 atom stereocenters. The molecular weight excluding hydrogens is 184 g/mol. The predicted molar refractivity (Wildman–Crippen MR) is 47.3 cm³/mol. The number of hydrogen-bond acceptors (Lipinski definition) is 5. The van der Waals surface area contributed by atoms with Crippen molar-refractivity contribution in [3.8, 4) is 11.6 Å². The van der Waals surface area contributed by atoms with E-state index in [1.54, 1.807) is 24.0 Å². The molecule has 14 heavy (non-hydrogen) atoms. The molecule has 0 radical (unpaired) electrons. The minimum Gasteiger partial charge on any atom is -0.396 e. The second-order valence-electron chi connectivity index (χ2n) is 2.83. The first kappa shape index (κ1) is 8.89. The van der Waals surface area contributed by atoms with E-state index < -0.39 is 0 Å². The number of hydrogen-bond donors (Lipinski definition) is 1. The summed E-state index contributed by atoms with van der Waals surface area (Å²) in [6.07, 6.45) is 2.06. The van der Waals surface area contributed by atoms with Gasteiger partial charge in [0.1, 0.15) is 5.69 Å². The summed E-state index contributed by atoms with van der Waals surface area (Å²) < 4.78 is 6.66. The van der Waals surface area contributed by atoms with Gasteiger partial charge in [0.25, 0.3) is 5.89 Å².